The van der Waals surface area contributed by atoms with E-state index in [0.717, 1.165) is 32.6 Å². The Hall–Kier alpha value is -1.55. The summed E-state index contributed by atoms with van der Waals surface area (Å²) in [5.41, 5.74) is 9.55. The number of hydrogen-bond donors (Lipinski definition) is 1. The van der Waals surface area contributed by atoms with E-state index in [0.29, 0.717) is 12.5 Å². The topological polar surface area (TPSA) is 35.2 Å². The van der Waals surface area contributed by atoms with Crippen LogP contribution in [0.5, 0.6) is 5.75 Å². The summed E-state index contributed by atoms with van der Waals surface area (Å²) >= 11 is 3.41. The Kier molecular flexibility index (Phi) is 4.88. The maximum absolute atomic E-state index is 13.3. The Balaban J connectivity index is 2.27. The summed E-state index contributed by atoms with van der Waals surface area (Å²) in [6.07, 6.45) is 0. The number of nitrogens with two attached hydrogens (primary N) is 1. The molecule has 0 saturated heterocycles. The van der Waals surface area contributed by atoms with Gasteiger partial charge in [0.1, 0.15) is 18.2 Å². The van der Waals surface area contributed by atoms with Gasteiger partial charge in [-0.15, -0.1) is 0 Å². The highest BCUT2D eigenvalue weighted by molar-refractivity contribution is 9.10. The minimum absolute atomic E-state index is 0.269. The van der Waals surface area contributed by atoms with Gasteiger partial charge in [-0.2, -0.15) is 0 Å². The zero-order valence-electron chi connectivity index (χ0n) is 12.4. The SMILES string of the molecule is Cc1cc(OCc2cc(F)ccc2Br)c(C(C)C)cc1N. The molecular formula is C17H19BrFNO. The normalized spacial score (nSPS) is 11.0. The molecule has 112 valence electrons. The minimum Gasteiger partial charge on any atom is -0.489 e. The Morgan fingerprint density at radius 3 is 2.62 bits per heavy atom. The molecule has 0 aromatic heterocycles. The van der Waals surface area contributed by atoms with Crippen molar-refractivity contribution < 1.29 is 9.13 Å². The summed E-state index contributed by atoms with van der Waals surface area (Å²) < 4.78 is 20.0. The highest BCUT2D eigenvalue weighted by Gasteiger charge is 2.12. The van der Waals surface area contributed by atoms with Gasteiger partial charge >= 0.3 is 0 Å². The van der Waals surface area contributed by atoms with Crippen molar-refractivity contribution >= 4 is 21.6 Å². The molecule has 0 aliphatic rings. The van der Waals surface area contributed by atoms with Gasteiger partial charge in [-0.1, -0.05) is 29.8 Å². The minimum atomic E-state index is -0.269. The third-order valence-corrected chi connectivity index (χ3v) is 4.19. The van der Waals surface area contributed by atoms with Crippen molar-refractivity contribution in [2.75, 3.05) is 5.73 Å². The molecule has 0 atom stereocenters. The van der Waals surface area contributed by atoms with Crippen LogP contribution in [0.1, 0.15) is 36.5 Å². The summed E-state index contributed by atoms with van der Waals surface area (Å²) in [5, 5.41) is 0. The zero-order chi connectivity index (χ0) is 15.6. The van der Waals surface area contributed by atoms with E-state index in [1.54, 1.807) is 6.07 Å². The van der Waals surface area contributed by atoms with Gasteiger partial charge in [-0.3, -0.25) is 0 Å². The second-order valence-electron chi connectivity index (χ2n) is 5.43. The summed E-state index contributed by atoms with van der Waals surface area (Å²) in [6, 6.07) is 8.48. The summed E-state index contributed by atoms with van der Waals surface area (Å²) in [5.74, 6) is 0.834. The maximum Gasteiger partial charge on any atom is 0.123 e. The number of rotatable bonds is 4. The number of ether oxygens (including phenoxy) is 1. The molecule has 0 saturated carbocycles. The molecule has 0 spiro atoms. The number of aryl methyl sites for hydroxylation is 1. The van der Waals surface area contributed by atoms with E-state index in [2.05, 4.69) is 29.8 Å². The van der Waals surface area contributed by atoms with Gasteiger partial charge in [0.15, 0.2) is 0 Å². The molecule has 21 heavy (non-hydrogen) atoms. The van der Waals surface area contributed by atoms with Gasteiger partial charge in [-0.05, 0) is 54.3 Å². The van der Waals surface area contributed by atoms with Gasteiger partial charge < -0.3 is 10.5 Å². The molecule has 0 unspecified atom stereocenters. The molecule has 0 aliphatic carbocycles. The molecule has 2 aromatic carbocycles. The molecule has 0 aliphatic heterocycles. The molecule has 2 N–H and O–H groups in total. The average Bonchev–Trinajstić information content (AvgIpc) is 2.42. The smallest absolute Gasteiger partial charge is 0.123 e. The largest absolute Gasteiger partial charge is 0.489 e. The van der Waals surface area contributed by atoms with E-state index in [1.807, 2.05) is 19.1 Å². The standard InChI is InChI=1S/C17H19BrFNO/c1-10(2)14-8-16(20)11(3)6-17(14)21-9-12-7-13(19)4-5-15(12)18/h4-8,10H,9,20H2,1-3H3. The van der Waals surface area contributed by atoms with Crippen LogP contribution in [0.2, 0.25) is 0 Å². The van der Waals surface area contributed by atoms with Crippen LogP contribution < -0.4 is 10.5 Å². The lowest BCUT2D eigenvalue weighted by molar-refractivity contribution is 0.300. The van der Waals surface area contributed by atoms with E-state index in [9.17, 15) is 4.39 Å². The van der Waals surface area contributed by atoms with Crippen molar-refractivity contribution in [3.63, 3.8) is 0 Å². The number of anilines is 1. The molecular weight excluding hydrogens is 333 g/mol. The molecule has 0 heterocycles. The van der Waals surface area contributed by atoms with Gasteiger partial charge in [0.25, 0.3) is 0 Å². The molecule has 2 rings (SSSR count). The van der Waals surface area contributed by atoms with Crippen LogP contribution >= 0.6 is 15.9 Å². The second-order valence-corrected chi connectivity index (χ2v) is 6.28. The number of halogens is 2. The predicted molar refractivity (Wildman–Crippen MR) is 88.1 cm³/mol. The molecule has 0 radical (unpaired) electrons. The summed E-state index contributed by atoms with van der Waals surface area (Å²) in [4.78, 5) is 0. The van der Waals surface area contributed by atoms with Crippen LogP contribution in [-0.4, -0.2) is 0 Å². The molecule has 0 amide bonds. The van der Waals surface area contributed by atoms with Crippen molar-refractivity contribution in [2.24, 2.45) is 0 Å². The highest BCUT2D eigenvalue weighted by Crippen LogP contribution is 2.32. The Bertz CT molecular complexity index is 655. The highest BCUT2D eigenvalue weighted by atomic mass is 79.9. The fourth-order valence-electron chi connectivity index (χ4n) is 2.10. The van der Waals surface area contributed by atoms with Crippen molar-refractivity contribution in [1.82, 2.24) is 0 Å². The van der Waals surface area contributed by atoms with Gasteiger partial charge in [0.2, 0.25) is 0 Å². The second kappa shape index (κ2) is 6.48. The van der Waals surface area contributed by atoms with Gasteiger partial charge in [0.05, 0.1) is 0 Å². The van der Waals surface area contributed by atoms with Crippen LogP contribution in [0.25, 0.3) is 0 Å². The molecule has 0 fully saturated rings. The van der Waals surface area contributed by atoms with Crippen LogP contribution in [0.4, 0.5) is 10.1 Å². The molecule has 2 nitrogen and oxygen atoms in total. The van der Waals surface area contributed by atoms with E-state index >= 15 is 0 Å². The average molecular weight is 352 g/mol. The van der Waals surface area contributed by atoms with Crippen molar-refractivity contribution in [2.45, 2.75) is 33.3 Å². The number of benzene rings is 2. The van der Waals surface area contributed by atoms with Crippen LogP contribution in [0, 0.1) is 12.7 Å². The van der Waals surface area contributed by atoms with Crippen LogP contribution in [0.15, 0.2) is 34.8 Å². The lowest BCUT2D eigenvalue weighted by Crippen LogP contribution is -2.03. The fraction of sp³-hybridized carbons (Fsp3) is 0.294. The van der Waals surface area contributed by atoms with Gasteiger partial charge in [0, 0.05) is 15.7 Å². The lowest BCUT2D eigenvalue weighted by atomic mass is 9.99. The first-order valence-electron chi connectivity index (χ1n) is 6.85. The zero-order valence-corrected chi connectivity index (χ0v) is 14.0. The third kappa shape index (κ3) is 3.76. The first kappa shape index (κ1) is 15.8. The van der Waals surface area contributed by atoms with Crippen LogP contribution in [-0.2, 0) is 6.61 Å². The Morgan fingerprint density at radius 2 is 1.95 bits per heavy atom. The molecule has 2 aromatic rings. The number of nitrogen functional groups attached to an aromatic ring is 1. The monoisotopic (exact) mass is 351 g/mol. The first-order chi connectivity index (χ1) is 9.88. The molecule has 4 heteroatoms. The summed E-state index contributed by atoms with van der Waals surface area (Å²) in [6.45, 7) is 6.44. The molecule has 0 bridgehead atoms. The van der Waals surface area contributed by atoms with Gasteiger partial charge in [-0.25, -0.2) is 4.39 Å². The van der Waals surface area contributed by atoms with E-state index in [-0.39, 0.29) is 5.82 Å². The van der Waals surface area contributed by atoms with E-state index < -0.39 is 0 Å². The van der Waals surface area contributed by atoms with Crippen molar-refractivity contribution in [1.29, 1.82) is 0 Å². The third-order valence-electron chi connectivity index (χ3n) is 3.41. The quantitative estimate of drug-likeness (QED) is 0.770. The van der Waals surface area contributed by atoms with E-state index in [1.165, 1.54) is 12.1 Å². The first-order valence-corrected chi connectivity index (χ1v) is 7.64. The lowest BCUT2D eigenvalue weighted by Gasteiger charge is -2.17. The van der Waals surface area contributed by atoms with Crippen molar-refractivity contribution in [3.8, 4) is 5.75 Å². The number of hydrogen-bond acceptors (Lipinski definition) is 2. The fourth-order valence-corrected chi connectivity index (χ4v) is 2.46. The Labute approximate surface area is 133 Å². The maximum atomic E-state index is 13.3. The van der Waals surface area contributed by atoms with Crippen molar-refractivity contribution in [3.05, 3.63) is 57.3 Å². The predicted octanol–water partition coefficient (Wildman–Crippen LogP) is 5.18. The Morgan fingerprint density at radius 1 is 1.24 bits per heavy atom. The van der Waals surface area contributed by atoms with E-state index in [4.69, 9.17) is 10.5 Å². The summed E-state index contributed by atoms with van der Waals surface area (Å²) in [7, 11) is 0. The van der Waals surface area contributed by atoms with Crippen LogP contribution in [0.3, 0.4) is 0 Å².